The highest BCUT2D eigenvalue weighted by molar-refractivity contribution is 7.91. The van der Waals surface area contributed by atoms with E-state index in [4.69, 9.17) is 0 Å². The van der Waals surface area contributed by atoms with Crippen LogP contribution >= 0.6 is 0 Å². The molecule has 0 aliphatic heterocycles. The number of alkyl halides is 2. The van der Waals surface area contributed by atoms with Crippen molar-refractivity contribution in [1.82, 2.24) is 0 Å². The number of halogens is 2. The molecule has 0 heterocycles. The van der Waals surface area contributed by atoms with Crippen molar-refractivity contribution in [3.8, 4) is 0 Å². The van der Waals surface area contributed by atoms with Crippen LogP contribution in [0.3, 0.4) is 0 Å². The Balaban J connectivity index is 2.23. The average molecular weight is 346 g/mol. The van der Waals surface area contributed by atoms with Gasteiger partial charge in [0, 0.05) is 12.6 Å². The van der Waals surface area contributed by atoms with Crippen molar-refractivity contribution >= 4 is 21.2 Å². The minimum Gasteiger partial charge on any atom is -0.379 e. The summed E-state index contributed by atoms with van der Waals surface area (Å²) in [6.45, 7) is 0.492. The summed E-state index contributed by atoms with van der Waals surface area (Å²) in [6.07, 6.45) is 6.87. The molecule has 1 atom stereocenters. The molecule has 0 fully saturated rings. The highest BCUT2D eigenvalue weighted by Gasteiger charge is 2.29. The lowest BCUT2D eigenvalue weighted by Crippen LogP contribution is -2.16. The molecular formula is C14H16F2N2O4S. The summed E-state index contributed by atoms with van der Waals surface area (Å²) in [5, 5.41) is 14.0. The van der Waals surface area contributed by atoms with E-state index in [9.17, 15) is 27.3 Å². The van der Waals surface area contributed by atoms with E-state index in [-0.39, 0.29) is 5.69 Å². The summed E-state index contributed by atoms with van der Waals surface area (Å²) in [7, 11) is -4.86. The predicted octanol–water partition coefficient (Wildman–Crippen LogP) is 3.36. The van der Waals surface area contributed by atoms with Gasteiger partial charge >= 0.3 is 5.76 Å². The number of rotatable bonds is 6. The van der Waals surface area contributed by atoms with Crippen LogP contribution in [0.1, 0.15) is 19.3 Å². The molecule has 0 amide bonds. The van der Waals surface area contributed by atoms with Gasteiger partial charge < -0.3 is 5.32 Å². The van der Waals surface area contributed by atoms with Gasteiger partial charge in [-0.1, -0.05) is 12.2 Å². The highest BCUT2D eigenvalue weighted by Crippen LogP contribution is 2.30. The Bertz CT molecular complexity index is 719. The van der Waals surface area contributed by atoms with E-state index in [0.29, 0.717) is 18.5 Å². The lowest BCUT2D eigenvalue weighted by molar-refractivity contribution is -0.384. The van der Waals surface area contributed by atoms with Gasteiger partial charge in [0.15, 0.2) is 0 Å². The van der Waals surface area contributed by atoms with E-state index in [0.717, 1.165) is 31.4 Å². The van der Waals surface area contributed by atoms with Crippen molar-refractivity contribution in [2.45, 2.75) is 29.9 Å². The maximum Gasteiger partial charge on any atom is 0.341 e. The van der Waals surface area contributed by atoms with Crippen molar-refractivity contribution in [1.29, 1.82) is 0 Å². The smallest absolute Gasteiger partial charge is 0.341 e. The number of allylic oxidation sites excluding steroid dienone is 2. The van der Waals surface area contributed by atoms with E-state index in [1.807, 2.05) is 6.08 Å². The minimum absolute atomic E-state index is 0.123. The summed E-state index contributed by atoms with van der Waals surface area (Å²) in [5.41, 5.74) is -0.407. The molecule has 9 heteroatoms. The molecule has 0 radical (unpaired) electrons. The second-order valence-electron chi connectivity index (χ2n) is 5.27. The third kappa shape index (κ3) is 4.04. The molecule has 1 aromatic carbocycles. The molecule has 0 aromatic heterocycles. The molecule has 1 unspecified atom stereocenters. The van der Waals surface area contributed by atoms with Crippen molar-refractivity contribution in [2.24, 2.45) is 5.92 Å². The summed E-state index contributed by atoms with van der Waals surface area (Å²) in [5.74, 6) is -3.29. The highest BCUT2D eigenvalue weighted by atomic mass is 32.2. The van der Waals surface area contributed by atoms with Crippen LogP contribution in [-0.2, 0) is 9.84 Å². The lowest BCUT2D eigenvalue weighted by Gasteiger charge is -2.18. The Kier molecular flexibility index (Phi) is 5.30. The second-order valence-corrected chi connectivity index (χ2v) is 7.19. The van der Waals surface area contributed by atoms with Crippen LogP contribution < -0.4 is 5.32 Å². The standard InChI is InChI=1S/C14H16F2N2O4S/c15-14(16)23(21,22)11-6-7-12(13(8-11)18(19)20)17-9-10-4-2-1-3-5-10/h1-2,6-8,10,14,17H,3-5,9H2. The van der Waals surface area contributed by atoms with Crippen LogP contribution in [0.2, 0.25) is 0 Å². The first kappa shape index (κ1) is 17.3. The van der Waals surface area contributed by atoms with E-state index in [2.05, 4.69) is 11.4 Å². The third-order valence-corrected chi connectivity index (χ3v) is 5.07. The first-order chi connectivity index (χ1) is 10.8. The zero-order chi connectivity index (χ0) is 17.0. The number of hydrogen-bond acceptors (Lipinski definition) is 5. The molecule has 0 bridgehead atoms. The van der Waals surface area contributed by atoms with Gasteiger partial charge in [-0.25, -0.2) is 8.42 Å². The monoisotopic (exact) mass is 346 g/mol. The van der Waals surface area contributed by atoms with Gasteiger partial charge in [-0.3, -0.25) is 10.1 Å². The largest absolute Gasteiger partial charge is 0.379 e. The summed E-state index contributed by atoms with van der Waals surface area (Å²) in [6, 6.07) is 2.79. The van der Waals surface area contributed by atoms with Crippen LogP contribution in [0.5, 0.6) is 0 Å². The predicted molar refractivity (Wildman–Crippen MR) is 81.3 cm³/mol. The number of nitro groups is 1. The number of nitro benzene ring substituents is 1. The first-order valence-electron chi connectivity index (χ1n) is 7.01. The SMILES string of the molecule is O=[N+]([O-])c1cc(S(=O)(=O)C(F)F)ccc1NCC1CC=CCC1. The van der Waals surface area contributed by atoms with Crippen LogP contribution in [-0.4, -0.2) is 25.6 Å². The van der Waals surface area contributed by atoms with E-state index in [1.165, 1.54) is 0 Å². The van der Waals surface area contributed by atoms with Gasteiger partial charge in [0.05, 0.1) is 9.82 Å². The fraction of sp³-hybridized carbons (Fsp3) is 0.429. The molecule has 1 aromatic rings. The van der Waals surface area contributed by atoms with Crippen LogP contribution in [0, 0.1) is 16.0 Å². The molecule has 0 saturated heterocycles. The van der Waals surface area contributed by atoms with E-state index >= 15 is 0 Å². The molecule has 0 saturated carbocycles. The third-order valence-electron chi connectivity index (χ3n) is 3.69. The maximum absolute atomic E-state index is 12.5. The summed E-state index contributed by atoms with van der Waals surface area (Å²) < 4.78 is 47.9. The van der Waals surface area contributed by atoms with Crippen LogP contribution in [0.15, 0.2) is 35.2 Å². The van der Waals surface area contributed by atoms with Gasteiger partial charge in [-0.05, 0) is 37.3 Å². The van der Waals surface area contributed by atoms with Crippen molar-refractivity contribution in [3.05, 3.63) is 40.5 Å². The number of sulfone groups is 1. The molecule has 1 aliphatic carbocycles. The molecule has 23 heavy (non-hydrogen) atoms. The van der Waals surface area contributed by atoms with Crippen molar-refractivity contribution in [3.63, 3.8) is 0 Å². The zero-order valence-electron chi connectivity index (χ0n) is 12.1. The Morgan fingerprint density at radius 1 is 1.35 bits per heavy atom. The molecule has 1 aliphatic rings. The first-order valence-corrected chi connectivity index (χ1v) is 8.56. The van der Waals surface area contributed by atoms with E-state index < -0.39 is 31.1 Å². The maximum atomic E-state index is 12.5. The summed E-state index contributed by atoms with van der Waals surface area (Å²) in [4.78, 5) is 9.55. The Morgan fingerprint density at radius 3 is 2.65 bits per heavy atom. The molecule has 6 nitrogen and oxygen atoms in total. The van der Waals surface area contributed by atoms with Gasteiger partial charge in [0.2, 0.25) is 9.84 Å². The normalized spacial score (nSPS) is 18.1. The summed E-state index contributed by atoms with van der Waals surface area (Å²) >= 11 is 0. The quantitative estimate of drug-likeness (QED) is 0.485. The topological polar surface area (TPSA) is 89.3 Å². The minimum atomic E-state index is -4.86. The fourth-order valence-electron chi connectivity index (χ4n) is 2.39. The Hall–Kier alpha value is -2.03. The van der Waals surface area contributed by atoms with E-state index in [1.54, 1.807) is 0 Å². The second kappa shape index (κ2) is 7.03. The van der Waals surface area contributed by atoms with Crippen molar-refractivity contribution in [2.75, 3.05) is 11.9 Å². The average Bonchev–Trinajstić information content (AvgIpc) is 2.53. The molecular weight excluding hydrogens is 330 g/mol. The molecule has 0 spiro atoms. The number of benzene rings is 1. The van der Waals surface area contributed by atoms with Crippen molar-refractivity contribution < 1.29 is 22.1 Å². The number of anilines is 1. The van der Waals surface area contributed by atoms with Crippen LogP contribution in [0.25, 0.3) is 0 Å². The zero-order valence-corrected chi connectivity index (χ0v) is 12.9. The van der Waals surface area contributed by atoms with Gasteiger partial charge in [-0.2, -0.15) is 8.78 Å². The lowest BCUT2D eigenvalue weighted by atomic mass is 9.94. The Morgan fingerprint density at radius 2 is 2.09 bits per heavy atom. The molecule has 2 rings (SSSR count). The number of hydrogen-bond donors (Lipinski definition) is 1. The fourth-order valence-corrected chi connectivity index (χ4v) is 3.13. The van der Waals surface area contributed by atoms with Crippen LogP contribution in [0.4, 0.5) is 20.2 Å². The number of nitrogens with zero attached hydrogens (tertiary/aromatic N) is 1. The molecule has 1 N–H and O–H groups in total. The molecule has 126 valence electrons. The number of nitrogens with one attached hydrogen (secondary N) is 1. The van der Waals surface area contributed by atoms with Gasteiger partial charge in [0.1, 0.15) is 5.69 Å². The van der Waals surface area contributed by atoms with Gasteiger partial charge in [0.25, 0.3) is 5.69 Å². The van der Waals surface area contributed by atoms with Gasteiger partial charge in [-0.15, -0.1) is 0 Å². The Labute approximate surface area is 132 Å².